The lowest BCUT2D eigenvalue weighted by atomic mass is 10.1. The molecular formula is C12H14ClN5O. The lowest BCUT2D eigenvalue weighted by Gasteiger charge is -2.10. The zero-order chi connectivity index (χ0) is 13.8. The Morgan fingerprint density at radius 3 is 2.89 bits per heavy atom. The summed E-state index contributed by atoms with van der Waals surface area (Å²) in [5.41, 5.74) is 1.22. The number of halogens is 1. The summed E-state index contributed by atoms with van der Waals surface area (Å²) in [4.78, 5) is 12.1. The number of nitrogens with one attached hydrogen (secondary N) is 2. The molecule has 19 heavy (non-hydrogen) atoms. The fourth-order valence-corrected chi connectivity index (χ4v) is 1.82. The van der Waals surface area contributed by atoms with Crippen molar-refractivity contribution in [3.63, 3.8) is 0 Å². The molecule has 100 valence electrons. The van der Waals surface area contributed by atoms with Crippen molar-refractivity contribution in [3.8, 4) is 0 Å². The molecule has 7 heteroatoms. The topological polar surface area (TPSA) is 71.8 Å². The first-order valence-corrected chi connectivity index (χ1v) is 6.08. The van der Waals surface area contributed by atoms with Gasteiger partial charge in [-0.25, -0.2) is 0 Å². The predicted molar refractivity (Wildman–Crippen MR) is 73.2 cm³/mol. The maximum absolute atomic E-state index is 12.1. The summed E-state index contributed by atoms with van der Waals surface area (Å²) in [6.45, 7) is 0.311. The molecule has 0 aliphatic rings. The van der Waals surface area contributed by atoms with E-state index in [2.05, 4.69) is 20.8 Å². The van der Waals surface area contributed by atoms with Crippen LogP contribution in [0.1, 0.15) is 16.2 Å². The lowest BCUT2D eigenvalue weighted by Crippen LogP contribution is -2.25. The van der Waals surface area contributed by atoms with Crippen molar-refractivity contribution < 1.29 is 4.79 Å². The van der Waals surface area contributed by atoms with Crippen LogP contribution in [0, 0.1) is 0 Å². The van der Waals surface area contributed by atoms with Gasteiger partial charge in [-0.15, -0.1) is 10.2 Å². The molecule has 0 fully saturated rings. The predicted octanol–water partition coefficient (Wildman–Crippen LogP) is 1.44. The largest absolute Gasteiger partial charge is 0.387 e. The van der Waals surface area contributed by atoms with Gasteiger partial charge >= 0.3 is 0 Å². The van der Waals surface area contributed by atoms with Gasteiger partial charge in [0.05, 0.1) is 12.1 Å². The highest BCUT2D eigenvalue weighted by Gasteiger charge is 2.12. The first-order chi connectivity index (χ1) is 9.11. The second kappa shape index (κ2) is 5.71. The average molecular weight is 280 g/mol. The summed E-state index contributed by atoms with van der Waals surface area (Å²) in [7, 11) is 3.57. The van der Waals surface area contributed by atoms with E-state index >= 15 is 0 Å². The Bertz CT molecular complexity index is 596. The van der Waals surface area contributed by atoms with Crippen molar-refractivity contribution in [2.24, 2.45) is 7.05 Å². The number of anilines is 1. The molecule has 1 amide bonds. The molecule has 0 unspecified atom stereocenters. The Morgan fingerprint density at radius 1 is 1.47 bits per heavy atom. The van der Waals surface area contributed by atoms with Crippen molar-refractivity contribution in [2.75, 3.05) is 12.4 Å². The monoisotopic (exact) mass is 279 g/mol. The third kappa shape index (κ3) is 3.03. The minimum Gasteiger partial charge on any atom is -0.387 e. The molecule has 2 aromatic rings. The molecular weight excluding hydrogens is 266 g/mol. The van der Waals surface area contributed by atoms with Crippen LogP contribution in [0.5, 0.6) is 0 Å². The van der Waals surface area contributed by atoms with Crippen LogP contribution in [0.15, 0.2) is 24.5 Å². The van der Waals surface area contributed by atoms with Crippen LogP contribution in [-0.4, -0.2) is 27.7 Å². The highest BCUT2D eigenvalue weighted by atomic mass is 35.5. The fraction of sp³-hybridized carbons (Fsp3) is 0.250. The zero-order valence-electron chi connectivity index (χ0n) is 10.6. The summed E-state index contributed by atoms with van der Waals surface area (Å²) in [5, 5.41) is 13.9. The van der Waals surface area contributed by atoms with E-state index in [-0.39, 0.29) is 5.91 Å². The molecule has 1 heterocycles. The van der Waals surface area contributed by atoms with Crippen LogP contribution < -0.4 is 10.6 Å². The molecule has 0 aliphatic carbocycles. The number of aromatic nitrogens is 3. The standard InChI is InChI=1S/C12H14ClN5O/c1-14-10-4-3-8(13)5-9(10)12(19)15-6-11-17-16-7-18(11)2/h3-5,7,14H,6H2,1-2H3,(H,15,19). The van der Waals surface area contributed by atoms with Gasteiger partial charge in [-0.3, -0.25) is 4.79 Å². The highest BCUT2D eigenvalue weighted by molar-refractivity contribution is 6.31. The Kier molecular flexibility index (Phi) is 4.01. The van der Waals surface area contributed by atoms with Crippen molar-refractivity contribution in [1.29, 1.82) is 0 Å². The van der Waals surface area contributed by atoms with Crippen molar-refractivity contribution in [2.45, 2.75) is 6.54 Å². The number of amides is 1. The van der Waals surface area contributed by atoms with Gasteiger partial charge in [-0.05, 0) is 18.2 Å². The summed E-state index contributed by atoms with van der Waals surface area (Å²) in [6.07, 6.45) is 1.58. The number of hydrogen-bond acceptors (Lipinski definition) is 4. The van der Waals surface area contributed by atoms with Crippen LogP contribution in [0.25, 0.3) is 0 Å². The van der Waals surface area contributed by atoms with E-state index in [9.17, 15) is 4.79 Å². The van der Waals surface area contributed by atoms with Gasteiger partial charge in [-0.2, -0.15) is 0 Å². The van der Waals surface area contributed by atoms with Crippen LogP contribution in [0.3, 0.4) is 0 Å². The zero-order valence-corrected chi connectivity index (χ0v) is 11.4. The molecule has 0 aliphatic heterocycles. The molecule has 6 nitrogen and oxygen atoms in total. The van der Waals surface area contributed by atoms with Crippen LogP contribution in [-0.2, 0) is 13.6 Å². The third-order valence-corrected chi connectivity index (χ3v) is 2.94. The van der Waals surface area contributed by atoms with Crippen LogP contribution >= 0.6 is 11.6 Å². The van der Waals surface area contributed by atoms with Crippen LogP contribution in [0.2, 0.25) is 5.02 Å². The quantitative estimate of drug-likeness (QED) is 0.888. The van der Waals surface area contributed by atoms with Gasteiger partial charge in [0, 0.05) is 24.8 Å². The highest BCUT2D eigenvalue weighted by Crippen LogP contribution is 2.20. The molecule has 0 saturated heterocycles. The summed E-state index contributed by atoms with van der Waals surface area (Å²) in [5.74, 6) is 0.469. The van der Waals surface area contributed by atoms with Crippen LogP contribution in [0.4, 0.5) is 5.69 Å². The molecule has 0 bridgehead atoms. The summed E-state index contributed by atoms with van der Waals surface area (Å²) >= 11 is 5.91. The first kappa shape index (κ1) is 13.4. The molecule has 0 saturated carbocycles. The van der Waals surface area contributed by atoms with Crippen molar-refractivity contribution in [1.82, 2.24) is 20.1 Å². The second-order valence-corrected chi connectivity index (χ2v) is 4.42. The molecule has 0 radical (unpaired) electrons. The normalized spacial score (nSPS) is 10.3. The van der Waals surface area contributed by atoms with E-state index in [0.29, 0.717) is 23.0 Å². The molecule has 1 aromatic heterocycles. The number of nitrogens with zero attached hydrogens (tertiary/aromatic N) is 3. The van der Waals surface area contributed by atoms with Gasteiger partial charge in [0.15, 0.2) is 5.82 Å². The Hall–Kier alpha value is -2.08. The Morgan fingerprint density at radius 2 is 2.26 bits per heavy atom. The Balaban J connectivity index is 2.12. The molecule has 0 atom stereocenters. The Labute approximate surface area is 115 Å². The molecule has 2 N–H and O–H groups in total. The van der Waals surface area contributed by atoms with E-state index in [4.69, 9.17) is 11.6 Å². The van der Waals surface area contributed by atoms with Gasteiger partial charge in [0.2, 0.25) is 0 Å². The van der Waals surface area contributed by atoms with Gasteiger partial charge < -0.3 is 15.2 Å². The number of benzene rings is 1. The van der Waals surface area contributed by atoms with E-state index in [1.807, 2.05) is 7.05 Å². The van der Waals surface area contributed by atoms with Crippen molar-refractivity contribution >= 4 is 23.2 Å². The number of hydrogen-bond donors (Lipinski definition) is 2. The molecule has 2 rings (SSSR count). The van der Waals surface area contributed by atoms with E-state index in [1.54, 1.807) is 36.1 Å². The number of rotatable bonds is 4. The minimum absolute atomic E-state index is 0.213. The van der Waals surface area contributed by atoms with Crippen molar-refractivity contribution in [3.05, 3.63) is 40.9 Å². The summed E-state index contributed by atoms with van der Waals surface area (Å²) in [6, 6.07) is 5.12. The van der Waals surface area contributed by atoms with Gasteiger partial charge in [0.25, 0.3) is 5.91 Å². The third-order valence-electron chi connectivity index (χ3n) is 2.71. The number of carbonyl (C=O) groups excluding carboxylic acids is 1. The number of carbonyl (C=O) groups is 1. The molecule has 0 spiro atoms. The SMILES string of the molecule is CNc1ccc(Cl)cc1C(=O)NCc1nncn1C. The average Bonchev–Trinajstić information content (AvgIpc) is 2.81. The smallest absolute Gasteiger partial charge is 0.253 e. The maximum atomic E-state index is 12.1. The van der Waals surface area contributed by atoms with E-state index < -0.39 is 0 Å². The lowest BCUT2D eigenvalue weighted by molar-refractivity contribution is 0.0950. The fourth-order valence-electron chi connectivity index (χ4n) is 1.64. The second-order valence-electron chi connectivity index (χ2n) is 3.98. The summed E-state index contributed by atoms with van der Waals surface area (Å²) < 4.78 is 1.75. The minimum atomic E-state index is -0.213. The van der Waals surface area contributed by atoms with E-state index in [1.165, 1.54) is 0 Å². The maximum Gasteiger partial charge on any atom is 0.253 e. The van der Waals surface area contributed by atoms with Gasteiger partial charge in [-0.1, -0.05) is 11.6 Å². The number of aryl methyl sites for hydroxylation is 1. The first-order valence-electron chi connectivity index (χ1n) is 5.70. The molecule has 1 aromatic carbocycles. The van der Waals surface area contributed by atoms with E-state index in [0.717, 1.165) is 5.69 Å². The van der Waals surface area contributed by atoms with Gasteiger partial charge in [0.1, 0.15) is 6.33 Å².